The summed E-state index contributed by atoms with van der Waals surface area (Å²) in [4.78, 5) is 27.6. The predicted octanol–water partition coefficient (Wildman–Crippen LogP) is -1.07. The molecular formula is C18H36N4O5. The van der Waals surface area contributed by atoms with E-state index in [4.69, 9.17) is 14.2 Å². The number of rotatable bonds is 15. The van der Waals surface area contributed by atoms with E-state index in [-0.39, 0.29) is 18.4 Å². The van der Waals surface area contributed by atoms with Crippen LogP contribution in [0.1, 0.15) is 12.8 Å². The van der Waals surface area contributed by atoms with Crippen molar-refractivity contribution in [2.75, 3.05) is 93.0 Å². The van der Waals surface area contributed by atoms with Gasteiger partial charge in [-0.2, -0.15) is 0 Å². The summed E-state index contributed by atoms with van der Waals surface area (Å²) in [5.41, 5.74) is 0. The van der Waals surface area contributed by atoms with Crippen LogP contribution in [0.5, 0.6) is 0 Å². The Labute approximate surface area is 162 Å². The van der Waals surface area contributed by atoms with Crippen molar-refractivity contribution in [3.8, 4) is 0 Å². The molecule has 1 heterocycles. The Kier molecular flexibility index (Phi) is 13.9. The highest BCUT2D eigenvalue weighted by Crippen LogP contribution is 2.03. The van der Waals surface area contributed by atoms with Crippen molar-refractivity contribution in [3.05, 3.63) is 0 Å². The van der Waals surface area contributed by atoms with Crippen LogP contribution in [0.15, 0.2) is 0 Å². The maximum absolute atomic E-state index is 11.6. The summed E-state index contributed by atoms with van der Waals surface area (Å²) in [5.74, 6) is -0.0142. The summed E-state index contributed by atoms with van der Waals surface area (Å²) in [6.07, 6.45) is 1.49. The largest absolute Gasteiger partial charge is 0.382 e. The van der Waals surface area contributed by atoms with Crippen LogP contribution in [-0.4, -0.2) is 115 Å². The Morgan fingerprint density at radius 3 is 2.26 bits per heavy atom. The monoisotopic (exact) mass is 388 g/mol. The number of hydrogen-bond donors (Lipinski definition) is 2. The van der Waals surface area contributed by atoms with E-state index in [2.05, 4.69) is 20.4 Å². The van der Waals surface area contributed by atoms with Crippen LogP contribution < -0.4 is 10.6 Å². The van der Waals surface area contributed by atoms with Crippen LogP contribution in [0.2, 0.25) is 0 Å². The van der Waals surface area contributed by atoms with E-state index in [9.17, 15) is 9.59 Å². The molecule has 0 aromatic carbocycles. The molecule has 0 aliphatic carbocycles. The number of amides is 2. The van der Waals surface area contributed by atoms with Gasteiger partial charge in [-0.05, 0) is 13.0 Å². The Balaban J connectivity index is 1.93. The fourth-order valence-electron chi connectivity index (χ4n) is 2.74. The third-order valence-corrected chi connectivity index (χ3v) is 4.41. The summed E-state index contributed by atoms with van der Waals surface area (Å²) in [5, 5.41) is 5.41. The second-order valence-electron chi connectivity index (χ2n) is 6.47. The molecule has 0 unspecified atom stereocenters. The molecule has 0 bridgehead atoms. The van der Waals surface area contributed by atoms with Gasteiger partial charge in [0.2, 0.25) is 11.8 Å². The second-order valence-corrected chi connectivity index (χ2v) is 6.47. The van der Waals surface area contributed by atoms with E-state index >= 15 is 0 Å². The molecule has 0 atom stereocenters. The van der Waals surface area contributed by atoms with Crippen LogP contribution in [0.4, 0.5) is 0 Å². The van der Waals surface area contributed by atoms with Gasteiger partial charge >= 0.3 is 0 Å². The first-order valence-electron chi connectivity index (χ1n) is 9.72. The first-order valence-corrected chi connectivity index (χ1v) is 9.72. The summed E-state index contributed by atoms with van der Waals surface area (Å²) in [7, 11) is 3.30. The smallest absolute Gasteiger partial charge is 0.246 e. The quantitative estimate of drug-likeness (QED) is 0.345. The van der Waals surface area contributed by atoms with Gasteiger partial charge in [-0.3, -0.25) is 14.5 Å². The van der Waals surface area contributed by atoms with Crippen molar-refractivity contribution >= 4 is 11.8 Å². The van der Waals surface area contributed by atoms with Crippen molar-refractivity contribution in [1.82, 2.24) is 20.4 Å². The van der Waals surface area contributed by atoms with Gasteiger partial charge in [-0.1, -0.05) is 0 Å². The van der Waals surface area contributed by atoms with Gasteiger partial charge < -0.3 is 29.7 Å². The van der Waals surface area contributed by atoms with E-state index < -0.39 is 0 Å². The molecule has 9 heteroatoms. The first-order chi connectivity index (χ1) is 13.2. The molecule has 158 valence electrons. The molecule has 0 spiro atoms. The van der Waals surface area contributed by atoms with E-state index in [1.54, 1.807) is 14.2 Å². The Bertz CT molecular complexity index is 403. The Morgan fingerprint density at radius 2 is 1.59 bits per heavy atom. The number of nitrogens with zero attached hydrogens (tertiary/aromatic N) is 2. The van der Waals surface area contributed by atoms with Crippen LogP contribution in [-0.2, 0) is 23.8 Å². The van der Waals surface area contributed by atoms with Gasteiger partial charge in [0, 0.05) is 59.8 Å². The zero-order chi connectivity index (χ0) is 19.7. The average molecular weight is 389 g/mol. The third kappa shape index (κ3) is 12.7. The standard InChI is InChI=1S/C18H36N4O5/c1-19-17(23)4-3-6-21-7-9-22(10-8-21)11-13-27-16-18(24)20-5-12-26-15-14-25-2/h3-16H2,1-2H3,(H,19,23)(H,20,24). The maximum Gasteiger partial charge on any atom is 0.246 e. The number of ether oxygens (including phenoxy) is 3. The molecule has 2 N–H and O–H groups in total. The molecule has 0 aromatic rings. The lowest BCUT2D eigenvalue weighted by Gasteiger charge is -2.34. The van der Waals surface area contributed by atoms with Crippen molar-refractivity contribution < 1.29 is 23.8 Å². The zero-order valence-electron chi connectivity index (χ0n) is 16.8. The summed E-state index contributed by atoms with van der Waals surface area (Å²) in [6, 6.07) is 0. The number of methoxy groups -OCH3 is 1. The minimum Gasteiger partial charge on any atom is -0.382 e. The molecule has 2 amide bonds. The third-order valence-electron chi connectivity index (χ3n) is 4.41. The van der Waals surface area contributed by atoms with Gasteiger partial charge in [0.05, 0.1) is 26.4 Å². The van der Waals surface area contributed by atoms with Gasteiger partial charge in [-0.25, -0.2) is 0 Å². The van der Waals surface area contributed by atoms with Crippen molar-refractivity contribution in [3.63, 3.8) is 0 Å². The molecule has 0 saturated carbocycles. The fourth-order valence-corrected chi connectivity index (χ4v) is 2.74. The molecule has 1 rings (SSSR count). The number of hydrogen-bond acceptors (Lipinski definition) is 7. The van der Waals surface area contributed by atoms with E-state index in [1.165, 1.54) is 0 Å². The summed E-state index contributed by atoms with van der Waals surface area (Å²) < 4.78 is 15.6. The molecule has 1 saturated heterocycles. The normalized spacial score (nSPS) is 15.6. The van der Waals surface area contributed by atoms with E-state index in [0.717, 1.165) is 45.7 Å². The Hall–Kier alpha value is -1.26. The predicted molar refractivity (Wildman–Crippen MR) is 103 cm³/mol. The number of carbonyl (C=O) groups is 2. The SMILES string of the molecule is CNC(=O)CCCN1CCN(CCOCC(=O)NCCOCCOC)CC1. The van der Waals surface area contributed by atoms with Crippen molar-refractivity contribution in [2.24, 2.45) is 0 Å². The van der Waals surface area contributed by atoms with Gasteiger partial charge in [0.25, 0.3) is 0 Å². The van der Waals surface area contributed by atoms with Crippen LogP contribution >= 0.6 is 0 Å². The highest BCUT2D eigenvalue weighted by atomic mass is 16.5. The van der Waals surface area contributed by atoms with Gasteiger partial charge in [-0.15, -0.1) is 0 Å². The molecule has 0 radical (unpaired) electrons. The van der Waals surface area contributed by atoms with Crippen molar-refractivity contribution in [2.45, 2.75) is 12.8 Å². The van der Waals surface area contributed by atoms with Gasteiger partial charge in [0.1, 0.15) is 6.61 Å². The number of piperazine rings is 1. The van der Waals surface area contributed by atoms with Crippen LogP contribution in [0.25, 0.3) is 0 Å². The summed E-state index contributed by atoms with van der Waals surface area (Å²) in [6.45, 7) is 8.48. The Morgan fingerprint density at radius 1 is 0.889 bits per heavy atom. The fraction of sp³-hybridized carbons (Fsp3) is 0.889. The number of carbonyl (C=O) groups excluding carboxylic acids is 2. The van der Waals surface area contributed by atoms with Crippen LogP contribution in [0.3, 0.4) is 0 Å². The molecule has 27 heavy (non-hydrogen) atoms. The summed E-state index contributed by atoms with van der Waals surface area (Å²) >= 11 is 0. The van der Waals surface area contributed by atoms with Crippen LogP contribution in [0, 0.1) is 0 Å². The van der Waals surface area contributed by atoms with Gasteiger partial charge in [0.15, 0.2) is 0 Å². The zero-order valence-corrected chi connectivity index (χ0v) is 16.8. The lowest BCUT2D eigenvalue weighted by molar-refractivity contribution is -0.126. The lowest BCUT2D eigenvalue weighted by atomic mass is 10.2. The molecule has 1 fully saturated rings. The number of nitrogens with one attached hydrogen (secondary N) is 2. The molecule has 1 aliphatic rings. The second kappa shape index (κ2) is 15.8. The highest BCUT2D eigenvalue weighted by molar-refractivity contribution is 5.77. The van der Waals surface area contributed by atoms with Crippen molar-refractivity contribution in [1.29, 1.82) is 0 Å². The molecule has 1 aliphatic heterocycles. The highest BCUT2D eigenvalue weighted by Gasteiger charge is 2.16. The minimum atomic E-state index is -0.119. The maximum atomic E-state index is 11.6. The van der Waals surface area contributed by atoms with E-state index in [1.807, 2.05) is 0 Å². The molecule has 0 aromatic heterocycles. The first kappa shape index (κ1) is 23.8. The van der Waals surface area contributed by atoms with E-state index in [0.29, 0.717) is 39.4 Å². The average Bonchev–Trinajstić information content (AvgIpc) is 2.69. The lowest BCUT2D eigenvalue weighted by Crippen LogP contribution is -2.47. The molecule has 9 nitrogen and oxygen atoms in total. The topological polar surface area (TPSA) is 92.4 Å². The molecular weight excluding hydrogens is 352 g/mol. The minimum absolute atomic E-state index is 0.0809.